The van der Waals surface area contributed by atoms with E-state index in [0.29, 0.717) is 36.8 Å². The van der Waals surface area contributed by atoms with E-state index in [-0.39, 0.29) is 41.8 Å². The molecule has 1 aliphatic heterocycles. The molecule has 0 radical (unpaired) electrons. The van der Waals surface area contributed by atoms with E-state index < -0.39 is 0 Å². The highest BCUT2D eigenvalue weighted by atomic mass is 127. The summed E-state index contributed by atoms with van der Waals surface area (Å²) >= 11 is 0. The molecular weight excluding hydrogens is 489 g/mol. The molecule has 2 unspecified atom stereocenters. The number of nitrogens with one attached hydrogen (secondary N) is 1. The Bertz CT molecular complexity index is 688. The van der Waals surface area contributed by atoms with E-state index in [2.05, 4.69) is 22.1 Å². The van der Waals surface area contributed by atoms with Crippen LogP contribution in [0.3, 0.4) is 0 Å². The molecule has 1 aromatic rings. The molecule has 1 N–H and O–H groups in total. The second-order valence-corrected chi connectivity index (χ2v) is 6.75. The Morgan fingerprint density at radius 2 is 1.76 bits per heavy atom. The molecule has 2 atom stereocenters. The van der Waals surface area contributed by atoms with Gasteiger partial charge in [0.1, 0.15) is 17.2 Å². The van der Waals surface area contributed by atoms with Gasteiger partial charge in [-0.2, -0.15) is 0 Å². The number of hydrogen-bond acceptors (Lipinski definition) is 6. The van der Waals surface area contributed by atoms with E-state index in [0.717, 1.165) is 18.1 Å². The maximum atomic E-state index is 11.9. The molecule has 1 fully saturated rings. The molecule has 8 nitrogen and oxygen atoms in total. The van der Waals surface area contributed by atoms with E-state index in [9.17, 15) is 4.79 Å². The van der Waals surface area contributed by atoms with Gasteiger partial charge in [0, 0.05) is 44.4 Å². The lowest BCUT2D eigenvalue weighted by Crippen LogP contribution is -2.41. The first-order valence-corrected chi connectivity index (χ1v) is 9.31. The molecule has 1 saturated heterocycles. The van der Waals surface area contributed by atoms with Crippen LogP contribution in [0.15, 0.2) is 17.1 Å². The van der Waals surface area contributed by atoms with Crippen LogP contribution in [0.5, 0.6) is 17.2 Å². The minimum atomic E-state index is -0.168. The number of aliphatic imine (C=N–C) groups is 1. The molecular formula is C20H32IN3O5. The molecule has 9 heteroatoms. The number of esters is 1. The molecule has 1 heterocycles. The zero-order chi connectivity index (χ0) is 20.7. The molecule has 1 aliphatic rings. The van der Waals surface area contributed by atoms with Gasteiger partial charge in [-0.25, -0.2) is 0 Å². The van der Waals surface area contributed by atoms with Crippen molar-refractivity contribution in [3.05, 3.63) is 17.7 Å². The molecule has 0 spiro atoms. The lowest BCUT2D eigenvalue weighted by atomic mass is 9.99. The fraction of sp³-hybridized carbons (Fsp3) is 0.600. The van der Waals surface area contributed by atoms with Crippen LogP contribution in [0.1, 0.15) is 12.5 Å². The molecule has 0 amide bonds. The summed E-state index contributed by atoms with van der Waals surface area (Å²) in [6.45, 7) is 4.05. The van der Waals surface area contributed by atoms with Gasteiger partial charge in [-0.3, -0.25) is 9.79 Å². The third-order valence-corrected chi connectivity index (χ3v) is 5.10. The largest absolute Gasteiger partial charge is 0.496 e. The molecule has 1 aromatic carbocycles. The normalized spacial score (nSPS) is 18.7. The zero-order valence-electron chi connectivity index (χ0n) is 18.0. The predicted molar refractivity (Wildman–Crippen MR) is 123 cm³/mol. The van der Waals surface area contributed by atoms with Gasteiger partial charge in [-0.05, 0) is 12.3 Å². The van der Waals surface area contributed by atoms with Crippen molar-refractivity contribution in [3.8, 4) is 17.2 Å². The highest BCUT2D eigenvalue weighted by Gasteiger charge is 2.36. The minimum absolute atomic E-state index is 0. The average Bonchev–Trinajstić information content (AvgIpc) is 3.11. The summed E-state index contributed by atoms with van der Waals surface area (Å²) in [5.41, 5.74) is 0.955. The number of ether oxygens (including phenoxy) is 4. The van der Waals surface area contributed by atoms with Gasteiger partial charge in [0.05, 0.1) is 34.4 Å². The molecule has 0 saturated carbocycles. The first-order valence-electron chi connectivity index (χ1n) is 9.31. The first-order chi connectivity index (χ1) is 13.5. The monoisotopic (exact) mass is 521 g/mol. The van der Waals surface area contributed by atoms with Crippen LogP contribution < -0.4 is 19.5 Å². The van der Waals surface area contributed by atoms with E-state index in [1.54, 1.807) is 28.4 Å². The van der Waals surface area contributed by atoms with E-state index >= 15 is 0 Å². The maximum absolute atomic E-state index is 11.9. The molecule has 0 aliphatic carbocycles. The van der Waals surface area contributed by atoms with Crippen LogP contribution in [0.25, 0.3) is 0 Å². The van der Waals surface area contributed by atoms with E-state index in [1.165, 1.54) is 7.11 Å². The second kappa shape index (κ2) is 11.9. The summed E-state index contributed by atoms with van der Waals surface area (Å²) < 4.78 is 21.2. The molecule has 0 aromatic heterocycles. The van der Waals surface area contributed by atoms with Crippen LogP contribution in [0.4, 0.5) is 0 Å². The number of carbonyl (C=O) groups is 1. The highest BCUT2D eigenvalue weighted by molar-refractivity contribution is 14.0. The van der Waals surface area contributed by atoms with Crippen molar-refractivity contribution in [2.45, 2.75) is 13.3 Å². The SMILES string of the molecule is CN=C(NCCc1c(OC)cc(OC)cc1OC)N1CC(C)C(C(=O)OC)C1.I. The van der Waals surface area contributed by atoms with Crippen molar-refractivity contribution < 1.29 is 23.7 Å². The van der Waals surface area contributed by atoms with Crippen molar-refractivity contribution >= 4 is 35.9 Å². The standard InChI is InChI=1S/C20H31N3O5.HI/c1-13-11-23(12-16(13)19(24)28-6)20(21-2)22-8-7-15-17(26-4)9-14(25-3)10-18(15)27-5;/h9-10,13,16H,7-8,11-12H2,1-6H3,(H,21,22);1H. The van der Waals surface area contributed by atoms with Crippen molar-refractivity contribution in [3.63, 3.8) is 0 Å². The zero-order valence-corrected chi connectivity index (χ0v) is 20.3. The summed E-state index contributed by atoms with van der Waals surface area (Å²) in [5, 5.41) is 3.37. The van der Waals surface area contributed by atoms with Crippen LogP contribution in [-0.4, -0.2) is 71.9 Å². The Labute approximate surface area is 189 Å². The quantitative estimate of drug-likeness (QED) is 0.255. The van der Waals surface area contributed by atoms with Gasteiger partial charge < -0.3 is 29.2 Å². The van der Waals surface area contributed by atoms with Crippen LogP contribution in [0.2, 0.25) is 0 Å². The lowest BCUT2D eigenvalue weighted by molar-refractivity contribution is -0.145. The number of hydrogen-bond donors (Lipinski definition) is 1. The number of nitrogens with zero attached hydrogens (tertiary/aromatic N) is 2. The third kappa shape index (κ3) is 6.03. The molecule has 164 valence electrons. The smallest absolute Gasteiger partial charge is 0.310 e. The number of rotatable bonds is 7. The summed E-state index contributed by atoms with van der Waals surface area (Å²) in [5.74, 6) is 2.80. The minimum Gasteiger partial charge on any atom is -0.496 e. The fourth-order valence-electron chi connectivity index (χ4n) is 3.55. The molecule has 29 heavy (non-hydrogen) atoms. The number of likely N-dealkylation sites (tertiary alicyclic amines) is 1. The van der Waals surface area contributed by atoms with Crippen molar-refractivity contribution in [2.75, 3.05) is 55.1 Å². The van der Waals surface area contributed by atoms with Crippen LogP contribution in [0, 0.1) is 11.8 Å². The Balaban J connectivity index is 0.00000420. The predicted octanol–water partition coefficient (Wildman–Crippen LogP) is 2.19. The summed E-state index contributed by atoms with van der Waals surface area (Å²) in [7, 11) is 8.04. The Morgan fingerprint density at radius 1 is 1.14 bits per heavy atom. The lowest BCUT2D eigenvalue weighted by Gasteiger charge is -2.22. The van der Waals surface area contributed by atoms with Crippen LogP contribution >= 0.6 is 24.0 Å². The van der Waals surface area contributed by atoms with E-state index in [4.69, 9.17) is 18.9 Å². The topological polar surface area (TPSA) is 81.6 Å². The average molecular weight is 521 g/mol. The van der Waals surface area contributed by atoms with Gasteiger partial charge in [0.2, 0.25) is 0 Å². The van der Waals surface area contributed by atoms with Gasteiger partial charge in [-0.15, -0.1) is 24.0 Å². The molecule has 0 bridgehead atoms. The van der Waals surface area contributed by atoms with Crippen LogP contribution in [-0.2, 0) is 16.0 Å². The number of benzene rings is 1. The fourth-order valence-corrected chi connectivity index (χ4v) is 3.55. The maximum Gasteiger partial charge on any atom is 0.310 e. The summed E-state index contributed by atoms with van der Waals surface area (Å²) in [4.78, 5) is 18.4. The third-order valence-electron chi connectivity index (χ3n) is 5.10. The highest BCUT2D eigenvalue weighted by Crippen LogP contribution is 2.34. The van der Waals surface area contributed by atoms with Gasteiger partial charge in [0.25, 0.3) is 0 Å². The molecule has 2 rings (SSSR count). The van der Waals surface area contributed by atoms with Gasteiger partial charge in [0.15, 0.2) is 5.96 Å². The number of carbonyl (C=O) groups excluding carboxylic acids is 1. The van der Waals surface area contributed by atoms with Gasteiger partial charge in [-0.1, -0.05) is 6.92 Å². The van der Waals surface area contributed by atoms with Crippen molar-refractivity contribution in [2.24, 2.45) is 16.8 Å². The second-order valence-electron chi connectivity index (χ2n) is 6.75. The Morgan fingerprint density at radius 3 is 2.24 bits per heavy atom. The first kappa shape index (κ1) is 25.1. The van der Waals surface area contributed by atoms with Gasteiger partial charge >= 0.3 is 5.97 Å². The summed E-state index contributed by atoms with van der Waals surface area (Å²) in [6, 6.07) is 3.69. The van der Waals surface area contributed by atoms with E-state index in [1.807, 2.05) is 12.1 Å². The summed E-state index contributed by atoms with van der Waals surface area (Å²) in [6.07, 6.45) is 0.680. The number of methoxy groups -OCH3 is 4. The van der Waals surface area contributed by atoms with Crippen molar-refractivity contribution in [1.82, 2.24) is 10.2 Å². The number of guanidine groups is 1. The van der Waals surface area contributed by atoms with Crippen molar-refractivity contribution in [1.29, 1.82) is 0 Å². The number of halogens is 1. The Kier molecular flexibility index (Phi) is 10.3. The Hall–Kier alpha value is -1.91.